The number of benzene rings is 1. The monoisotopic (exact) mass is 312 g/mol. The SMILES string of the molecule is CC(=NCCCCl)c1nc(-c2ccc(Cl)cc2)oc1O. The number of aliphatic imine (C=N–C) groups is 1. The number of nitrogens with zero attached hydrogens (tertiary/aromatic N) is 2. The molecule has 0 aliphatic carbocycles. The highest BCUT2D eigenvalue weighted by Gasteiger charge is 2.16. The topological polar surface area (TPSA) is 58.6 Å². The Morgan fingerprint density at radius 3 is 2.70 bits per heavy atom. The first-order valence-corrected chi connectivity index (χ1v) is 7.06. The molecule has 0 atom stereocenters. The molecule has 0 saturated carbocycles. The number of oxazole rings is 1. The normalized spacial score (nSPS) is 11.8. The second-order valence-electron chi connectivity index (χ2n) is 4.19. The van der Waals surface area contributed by atoms with Crippen molar-refractivity contribution in [2.75, 3.05) is 12.4 Å². The summed E-state index contributed by atoms with van der Waals surface area (Å²) < 4.78 is 5.26. The van der Waals surface area contributed by atoms with Crippen LogP contribution in [0.5, 0.6) is 5.95 Å². The van der Waals surface area contributed by atoms with E-state index in [2.05, 4.69) is 9.98 Å². The molecule has 2 rings (SSSR count). The van der Waals surface area contributed by atoms with Crippen LogP contribution in [-0.4, -0.2) is 28.2 Å². The molecule has 4 nitrogen and oxygen atoms in total. The third-order valence-electron chi connectivity index (χ3n) is 2.68. The predicted octanol–water partition coefficient (Wildman–Crippen LogP) is 4.14. The van der Waals surface area contributed by atoms with Crippen molar-refractivity contribution in [1.29, 1.82) is 0 Å². The molecule has 0 radical (unpaired) electrons. The Hall–Kier alpha value is -1.52. The molecule has 20 heavy (non-hydrogen) atoms. The van der Waals surface area contributed by atoms with Crippen LogP contribution in [0.3, 0.4) is 0 Å². The summed E-state index contributed by atoms with van der Waals surface area (Å²) in [6, 6.07) is 7.02. The minimum absolute atomic E-state index is 0.234. The molecule has 0 fully saturated rings. The lowest BCUT2D eigenvalue weighted by Crippen LogP contribution is -1.98. The summed E-state index contributed by atoms with van der Waals surface area (Å²) in [5, 5.41) is 10.4. The van der Waals surface area contributed by atoms with Gasteiger partial charge in [-0.05, 0) is 37.6 Å². The van der Waals surface area contributed by atoms with E-state index in [4.69, 9.17) is 27.6 Å². The molecule has 1 aromatic heterocycles. The highest BCUT2D eigenvalue weighted by Crippen LogP contribution is 2.27. The second kappa shape index (κ2) is 6.77. The first kappa shape index (κ1) is 14.9. The highest BCUT2D eigenvalue weighted by molar-refractivity contribution is 6.30. The molecular formula is C14H14Cl2N2O2. The van der Waals surface area contributed by atoms with Gasteiger partial charge in [0.2, 0.25) is 5.89 Å². The summed E-state index contributed by atoms with van der Waals surface area (Å²) in [4.78, 5) is 8.56. The number of alkyl halides is 1. The fourth-order valence-electron chi connectivity index (χ4n) is 1.65. The second-order valence-corrected chi connectivity index (χ2v) is 5.00. The molecule has 0 unspecified atom stereocenters. The average Bonchev–Trinajstić information content (AvgIpc) is 2.82. The van der Waals surface area contributed by atoms with E-state index in [0.29, 0.717) is 34.7 Å². The molecule has 0 saturated heterocycles. The van der Waals surface area contributed by atoms with E-state index in [1.807, 2.05) is 0 Å². The van der Waals surface area contributed by atoms with Crippen molar-refractivity contribution in [2.45, 2.75) is 13.3 Å². The maximum absolute atomic E-state index is 9.81. The molecule has 1 heterocycles. The quantitative estimate of drug-likeness (QED) is 0.513. The fourth-order valence-corrected chi connectivity index (χ4v) is 1.89. The van der Waals surface area contributed by atoms with Gasteiger partial charge in [0, 0.05) is 23.0 Å². The summed E-state index contributed by atoms with van der Waals surface area (Å²) in [7, 11) is 0. The Morgan fingerprint density at radius 2 is 2.05 bits per heavy atom. The molecule has 0 spiro atoms. The Kier molecular flexibility index (Phi) is 5.04. The van der Waals surface area contributed by atoms with E-state index in [1.54, 1.807) is 31.2 Å². The molecule has 0 aliphatic rings. The third kappa shape index (κ3) is 3.52. The standard InChI is InChI=1S/C14H14Cl2N2O2/c1-9(17-8-2-7-15)12-14(19)20-13(18-12)10-3-5-11(16)6-4-10/h3-6,19H,2,7-8H2,1H3. The third-order valence-corrected chi connectivity index (χ3v) is 3.20. The lowest BCUT2D eigenvalue weighted by atomic mass is 10.2. The van der Waals surface area contributed by atoms with Gasteiger partial charge in [-0.15, -0.1) is 11.6 Å². The van der Waals surface area contributed by atoms with E-state index >= 15 is 0 Å². The van der Waals surface area contributed by atoms with Crippen LogP contribution in [0.4, 0.5) is 0 Å². The van der Waals surface area contributed by atoms with Gasteiger partial charge in [0.15, 0.2) is 5.69 Å². The van der Waals surface area contributed by atoms with Crippen molar-refractivity contribution >= 4 is 28.9 Å². The predicted molar refractivity (Wildman–Crippen MR) is 81.0 cm³/mol. The summed E-state index contributed by atoms with van der Waals surface area (Å²) in [6.45, 7) is 2.37. The van der Waals surface area contributed by atoms with Crippen LogP contribution in [0.15, 0.2) is 33.7 Å². The molecule has 1 N–H and O–H groups in total. The van der Waals surface area contributed by atoms with E-state index in [1.165, 1.54) is 0 Å². The van der Waals surface area contributed by atoms with E-state index in [0.717, 1.165) is 12.0 Å². The molecule has 0 aliphatic heterocycles. The molecule has 0 amide bonds. The molecule has 2 aromatic rings. The van der Waals surface area contributed by atoms with Crippen LogP contribution >= 0.6 is 23.2 Å². The van der Waals surface area contributed by atoms with Crippen LogP contribution < -0.4 is 0 Å². The zero-order valence-electron chi connectivity index (χ0n) is 10.9. The zero-order chi connectivity index (χ0) is 14.5. The number of hydrogen-bond donors (Lipinski definition) is 1. The molecule has 6 heteroatoms. The van der Waals surface area contributed by atoms with Gasteiger partial charge >= 0.3 is 5.95 Å². The number of aromatic hydroxyl groups is 1. The summed E-state index contributed by atoms with van der Waals surface area (Å²) in [5.41, 5.74) is 1.71. The Balaban J connectivity index is 2.25. The first-order chi connectivity index (χ1) is 9.61. The largest absolute Gasteiger partial charge is 0.479 e. The van der Waals surface area contributed by atoms with Crippen molar-refractivity contribution < 1.29 is 9.52 Å². The average molecular weight is 313 g/mol. The van der Waals surface area contributed by atoms with Gasteiger partial charge < -0.3 is 9.52 Å². The maximum Gasteiger partial charge on any atom is 0.312 e. The van der Waals surface area contributed by atoms with Crippen LogP contribution in [-0.2, 0) is 0 Å². The smallest absolute Gasteiger partial charge is 0.312 e. The van der Waals surface area contributed by atoms with Crippen LogP contribution in [0.25, 0.3) is 11.5 Å². The minimum Gasteiger partial charge on any atom is -0.479 e. The van der Waals surface area contributed by atoms with Crippen molar-refractivity contribution in [3.05, 3.63) is 35.0 Å². The minimum atomic E-state index is -0.234. The number of halogens is 2. The fraction of sp³-hybridized carbons (Fsp3) is 0.286. The van der Waals surface area contributed by atoms with Gasteiger partial charge in [0.25, 0.3) is 0 Å². The lowest BCUT2D eigenvalue weighted by molar-refractivity contribution is 0.336. The van der Waals surface area contributed by atoms with Crippen molar-refractivity contribution in [3.8, 4) is 17.4 Å². The molecular weight excluding hydrogens is 299 g/mol. The Bertz CT molecular complexity index is 606. The zero-order valence-corrected chi connectivity index (χ0v) is 12.4. The van der Waals surface area contributed by atoms with Crippen LogP contribution in [0, 0.1) is 0 Å². The van der Waals surface area contributed by atoms with E-state index < -0.39 is 0 Å². The van der Waals surface area contributed by atoms with Gasteiger partial charge in [-0.25, -0.2) is 4.98 Å². The lowest BCUT2D eigenvalue weighted by Gasteiger charge is -1.95. The van der Waals surface area contributed by atoms with Gasteiger partial charge in [-0.2, -0.15) is 0 Å². The van der Waals surface area contributed by atoms with E-state index in [-0.39, 0.29) is 5.95 Å². The molecule has 106 valence electrons. The van der Waals surface area contributed by atoms with Gasteiger partial charge in [0.1, 0.15) is 0 Å². The van der Waals surface area contributed by atoms with Crippen LogP contribution in [0.2, 0.25) is 5.02 Å². The van der Waals surface area contributed by atoms with Crippen molar-refractivity contribution in [2.24, 2.45) is 4.99 Å². The Labute approximate surface area is 127 Å². The van der Waals surface area contributed by atoms with Gasteiger partial charge in [0.05, 0.1) is 5.71 Å². The summed E-state index contributed by atoms with van der Waals surface area (Å²) >= 11 is 11.4. The maximum atomic E-state index is 9.81. The molecule has 1 aromatic carbocycles. The molecule has 0 bridgehead atoms. The van der Waals surface area contributed by atoms with E-state index in [9.17, 15) is 5.11 Å². The van der Waals surface area contributed by atoms with Crippen molar-refractivity contribution in [3.63, 3.8) is 0 Å². The van der Waals surface area contributed by atoms with Crippen molar-refractivity contribution in [1.82, 2.24) is 4.98 Å². The van der Waals surface area contributed by atoms with Gasteiger partial charge in [-0.1, -0.05) is 11.6 Å². The number of hydrogen-bond acceptors (Lipinski definition) is 4. The summed E-state index contributed by atoms with van der Waals surface area (Å²) in [5.74, 6) is 0.653. The highest BCUT2D eigenvalue weighted by atomic mass is 35.5. The Morgan fingerprint density at radius 1 is 1.35 bits per heavy atom. The summed E-state index contributed by atoms with van der Waals surface area (Å²) in [6.07, 6.45) is 0.779. The first-order valence-electron chi connectivity index (χ1n) is 6.15. The number of rotatable bonds is 5. The number of aromatic nitrogens is 1. The van der Waals surface area contributed by atoms with Gasteiger partial charge in [-0.3, -0.25) is 4.99 Å². The van der Waals surface area contributed by atoms with Crippen LogP contribution in [0.1, 0.15) is 19.0 Å².